The van der Waals surface area contributed by atoms with Gasteiger partial charge in [-0.1, -0.05) is 60.1 Å². The summed E-state index contributed by atoms with van der Waals surface area (Å²) in [5.41, 5.74) is 2.67. The number of methoxy groups -OCH3 is 1. The zero-order chi connectivity index (χ0) is 19.9. The summed E-state index contributed by atoms with van der Waals surface area (Å²) in [6, 6.07) is 21.1. The fourth-order valence-electron chi connectivity index (χ4n) is 3.21. The Bertz CT molecular complexity index is 931. The molecule has 3 aromatic rings. The van der Waals surface area contributed by atoms with E-state index in [9.17, 15) is 4.79 Å². The first-order valence-corrected chi connectivity index (χ1v) is 9.54. The Balaban J connectivity index is 1.89. The first-order chi connectivity index (χ1) is 13.6. The molecular weight excluding hydrogens is 372 g/mol. The van der Waals surface area contributed by atoms with Crippen molar-refractivity contribution in [3.05, 3.63) is 94.8 Å². The van der Waals surface area contributed by atoms with Crippen molar-refractivity contribution < 1.29 is 9.53 Å². The Morgan fingerprint density at radius 3 is 2.54 bits per heavy atom. The molecule has 144 valence electrons. The van der Waals surface area contributed by atoms with Crippen LogP contribution in [-0.4, -0.2) is 28.9 Å². The maximum absolute atomic E-state index is 13.3. The van der Waals surface area contributed by atoms with Gasteiger partial charge in [-0.25, -0.2) is 4.98 Å². The Labute approximate surface area is 170 Å². The minimum absolute atomic E-state index is 0.0454. The lowest BCUT2D eigenvalue weighted by atomic mass is 10.0. The third-order valence-electron chi connectivity index (χ3n) is 4.67. The number of hydrogen-bond donors (Lipinski definition) is 0. The molecule has 0 aliphatic heterocycles. The summed E-state index contributed by atoms with van der Waals surface area (Å²) < 4.78 is 5.48. The van der Waals surface area contributed by atoms with E-state index in [0.717, 1.165) is 16.9 Å². The zero-order valence-electron chi connectivity index (χ0n) is 16.0. The normalized spacial score (nSPS) is 11.7. The lowest BCUT2D eigenvalue weighted by molar-refractivity contribution is 0.0674. The van der Waals surface area contributed by atoms with Crippen LogP contribution in [0.1, 0.15) is 28.4 Å². The van der Waals surface area contributed by atoms with Gasteiger partial charge in [0.25, 0.3) is 5.91 Å². The molecule has 28 heavy (non-hydrogen) atoms. The number of ether oxygens (including phenoxy) is 1. The predicted octanol–water partition coefficient (Wildman–Crippen LogP) is 5.02. The van der Waals surface area contributed by atoms with Crippen molar-refractivity contribution in [1.29, 1.82) is 0 Å². The molecule has 1 unspecified atom stereocenters. The predicted molar refractivity (Wildman–Crippen MR) is 112 cm³/mol. The van der Waals surface area contributed by atoms with Crippen LogP contribution in [0.2, 0.25) is 5.15 Å². The van der Waals surface area contributed by atoms with E-state index in [1.54, 1.807) is 25.4 Å². The maximum atomic E-state index is 13.3. The molecule has 1 amide bonds. The van der Waals surface area contributed by atoms with Crippen LogP contribution >= 0.6 is 11.6 Å². The standard InChI is InChI=1S/C23H23ClN2O2/c1-17(14-19-10-6-7-11-21(19)28-2)26(16-18-8-4-3-5-9-18)23(27)20-12-13-25-22(24)15-20/h3-13,15,17H,14,16H2,1-2H3. The number of para-hydroxylation sites is 1. The molecular formula is C23H23ClN2O2. The average molecular weight is 395 g/mol. The van der Waals surface area contributed by atoms with Gasteiger partial charge in [-0.15, -0.1) is 0 Å². The Morgan fingerprint density at radius 2 is 1.82 bits per heavy atom. The molecule has 0 fully saturated rings. The van der Waals surface area contributed by atoms with E-state index in [2.05, 4.69) is 11.9 Å². The summed E-state index contributed by atoms with van der Waals surface area (Å²) in [5, 5.41) is 0.308. The minimum atomic E-state index is -0.0736. The van der Waals surface area contributed by atoms with E-state index >= 15 is 0 Å². The number of aromatic nitrogens is 1. The van der Waals surface area contributed by atoms with Crippen molar-refractivity contribution in [3.63, 3.8) is 0 Å². The minimum Gasteiger partial charge on any atom is -0.496 e. The molecule has 0 aliphatic carbocycles. The SMILES string of the molecule is COc1ccccc1CC(C)N(Cc1ccccc1)C(=O)c1ccnc(Cl)c1. The summed E-state index contributed by atoms with van der Waals surface area (Å²) in [7, 11) is 1.66. The molecule has 0 saturated heterocycles. The third-order valence-corrected chi connectivity index (χ3v) is 4.88. The van der Waals surface area contributed by atoms with E-state index in [4.69, 9.17) is 16.3 Å². The van der Waals surface area contributed by atoms with Crippen LogP contribution < -0.4 is 4.74 Å². The van der Waals surface area contributed by atoms with Crippen LogP contribution in [0.15, 0.2) is 72.9 Å². The van der Waals surface area contributed by atoms with Crippen LogP contribution in [0.25, 0.3) is 0 Å². The largest absolute Gasteiger partial charge is 0.496 e. The van der Waals surface area contributed by atoms with E-state index in [1.165, 1.54) is 0 Å². The molecule has 0 saturated carbocycles. The smallest absolute Gasteiger partial charge is 0.254 e. The number of carbonyl (C=O) groups is 1. The summed E-state index contributed by atoms with van der Waals surface area (Å²) in [6.45, 7) is 2.56. The number of halogens is 1. The summed E-state index contributed by atoms with van der Waals surface area (Å²) in [6.07, 6.45) is 2.24. The van der Waals surface area contributed by atoms with Gasteiger partial charge in [-0.05, 0) is 42.7 Å². The molecule has 0 N–H and O–H groups in total. The van der Waals surface area contributed by atoms with E-state index in [-0.39, 0.29) is 11.9 Å². The van der Waals surface area contributed by atoms with Gasteiger partial charge in [-0.3, -0.25) is 4.79 Å². The van der Waals surface area contributed by atoms with Crippen LogP contribution in [0.4, 0.5) is 0 Å². The molecule has 0 aliphatic rings. The van der Waals surface area contributed by atoms with Gasteiger partial charge in [0.15, 0.2) is 0 Å². The van der Waals surface area contributed by atoms with Crippen molar-refractivity contribution in [2.24, 2.45) is 0 Å². The van der Waals surface area contributed by atoms with Crippen molar-refractivity contribution in [1.82, 2.24) is 9.88 Å². The fourth-order valence-corrected chi connectivity index (χ4v) is 3.38. The molecule has 3 rings (SSSR count). The number of nitrogens with zero attached hydrogens (tertiary/aromatic N) is 2. The Kier molecular flexibility index (Phi) is 6.66. The lowest BCUT2D eigenvalue weighted by Gasteiger charge is -2.30. The number of pyridine rings is 1. The van der Waals surface area contributed by atoms with E-state index in [1.807, 2.05) is 59.5 Å². The lowest BCUT2D eigenvalue weighted by Crippen LogP contribution is -2.39. The van der Waals surface area contributed by atoms with Gasteiger partial charge in [0.2, 0.25) is 0 Å². The van der Waals surface area contributed by atoms with Gasteiger partial charge < -0.3 is 9.64 Å². The number of amides is 1. The quantitative estimate of drug-likeness (QED) is 0.528. The van der Waals surface area contributed by atoms with Crippen LogP contribution in [0, 0.1) is 0 Å². The summed E-state index contributed by atoms with van der Waals surface area (Å²) in [4.78, 5) is 19.1. The Morgan fingerprint density at radius 1 is 1.11 bits per heavy atom. The summed E-state index contributed by atoms with van der Waals surface area (Å²) >= 11 is 6.00. The second kappa shape index (κ2) is 9.38. The van der Waals surface area contributed by atoms with Crippen molar-refractivity contribution in [2.45, 2.75) is 25.9 Å². The number of hydrogen-bond acceptors (Lipinski definition) is 3. The molecule has 0 radical (unpaired) electrons. The highest BCUT2D eigenvalue weighted by molar-refractivity contribution is 6.29. The topological polar surface area (TPSA) is 42.4 Å². The van der Waals surface area contributed by atoms with Crippen molar-refractivity contribution >= 4 is 17.5 Å². The van der Waals surface area contributed by atoms with Gasteiger partial charge in [0.05, 0.1) is 7.11 Å². The highest BCUT2D eigenvalue weighted by atomic mass is 35.5. The van der Waals surface area contributed by atoms with Crippen molar-refractivity contribution in [3.8, 4) is 5.75 Å². The molecule has 1 aromatic heterocycles. The molecule has 0 spiro atoms. The molecule has 5 heteroatoms. The van der Waals surface area contributed by atoms with Gasteiger partial charge in [0, 0.05) is 24.3 Å². The first-order valence-electron chi connectivity index (χ1n) is 9.17. The van der Waals surface area contributed by atoms with Gasteiger partial charge in [0.1, 0.15) is 10.9 Å². The molecule has 1 heterocycles. The molecule has 4 nitrogen and oxygen atoms in total. The highest BCUT2D eigenvalue weighted by Crippen LogP contribution is 2.23. The van der Waals surface area contributed by atoms with Crippen LogP contribution in [0.3, 0.4) is 0 Å². The average Bonchev–Trinajstić information content (AvgIpc) is 2.72. The first kappa shape index (κ1) is 19.9. The fraction of sp³-hybridized carbons (Fsp3) is 0.217. The monoisotopic (exact) mass is 394 g/mol. The third kappa shape index (κ3) is 4.90. The van der Waals surface area contributed by atoms with Crippen LogP contribution in [-0.2, 0) is 13.0 Å². The van der Waals surface area contributed by atoms with Crippen LogP contribution in [0.5, 0.6) is 5.75 Å². The Hall–Kier alpha value is -2.85. The second-order valence-electron chi connectivity index (χ2n) is 6.65. The van der Waals surface area contributed by atoms with E-state index in [0.29, 0.717) is 23.7 Å². The maximum Gasteiger partial charge on any atom is 0.254 e. The van der Waals surface area contributed by atoms with Gasteiger partial charge >= 0.3 is 0 Å². The summed E-state index contributed by atoms with van der Waals surface area (Å²) in [5.74, 6) is 0.754. The number of carbonyl (C=O) groups excluding carboxylic acids is 1. The zero-order valence-corrected chi connectivity index (χ0v) is 16.8. The molecule has 0 bridgehead atoms. The molecule has 1 atom stereocenters. The second-order valence-corrected chi connectivity index (χ2v) is 7.04. The van der Waals surface area contributed by atoms with E-state index < -0.39 is 0 Å². The van der Waals surface area contributed by atoms with Crippen molar-refractivity contribution in [2.75, 3.05) is 7.11 Å². The number of benzene rings is 2. The van der Waals surface area contributed by atoms with Gasteiger partial charge in [-0.2, -0.15) is 0 Å². The molecule has 2 aromatic carbocycles. The highest BCUT2D eigenvalue weighted by Gasteiger charge is 2.23. The number of rotatable bonds is 7.